The molecule has 0 unspecified atom stereocenters. The minimum Gasteiger partial charge on any atom is -0.492 e. The normalized spacial score (nSPS) is 16.5. The summed E-state index contributed by atoms with van der Waals surface area (Å²) in [6.45, 7) is 2.65. The van der Waals surface area contributed by atoms with Gasteiger partial charge in [0.25, 0.3) is 0 Å². The van der Waals surface area contributed by atoms with Crippen LogP contribution in [0.3, 0.4) is 0 Å². The van der Waals surface area contributed by atoms with Crippen molar-refractivity contribution in [2.24, 2.45) is 0 Å². The molecule has 0 N–H and O–H groups in total. The first kappa shape index (κ1) is 17.1. The number of hydrogen-bond acceptors (Lipinski definition) is 3. The monoisotopic (exact) mass is 324 g/mol. The Labute approximate surface area is 138 Å². The molecule has 1 aliphatic rings. The Hall–Kier alpha value is -1.26. The molecule has 1 aromatic rings. The Balaban J connectivity index is 1.68. The van der Waals surface area contributed by atoms with Gasteiger partial charge in [-0.05, 0) is 51.5 Å². The molecule has 0 saturated carbocycles. The number of benzene rings is 1. The molecule has 2 rings (SSSR count). The molecule has 0 aliphatic carbocycles. The van der Waals surface area contributed by atoms with E-state index in [1.807, 2.05) is 30.1 Å². The molecule has 22 heavy (non-hydrogen) atoms. The topological polar surface area (TPSA) is 32.8 Å². The Kier molecular flexibility index (Phi) is 6.52. The zero-order chi connectivity index (χ0) is 15.9. The van der Waals surface area contributed by atoms with Crippen LogP contribution >= 0.6 is 11.6 Å². The van der Waals surface area contributed by atoms with Crippen molar-refractivity contribution >= 4 is 17.5 Å². The second-order valence-corrected chi connectivity index (χ2v) is 6.33. The summed E-state index contributed by atoms with van der Waals surface area (Å²) >= 11 is 6.03. The number of amides is 1. The van der Waals surface area contributed by atoms with Gasteiger partial charge in [-0.3, -0.25) is 4.79 Å². The summed E-state index contributed by atoms with van der Waals surface area (Å²) in [5.74, 6) is 0.887. The van der Waals surface area contributed by atoms with E-state index in [0.717, 1.165) is 25.9 Å². The summed E-state index contributed by atoms with van der Waals surface area (Å²) in [5, 5.41) is 0.609. The van der Waals surface area contributed by atoms with Gasteiger partial charge in [-0.15, -0.1) is 0 Å². The van der Waals surface area contributed by atoms with Crippen LogP contribution < -0.4 is 4.74 Å². The minimum absolute atomic E-state index is 0.206. The van der Waals surface area contributed by atoms with Crippen LogP contribution in [0.1, 0.15) is 25.7 Å². The molecule has 1 aromatic carbocycles. The standard InChI is InChI=1S/C17H25ClN2O2/c1-19-11-9-14(10-12-19)20(2)17(21)8-5-13-22-16-7-4-3-6-15(16)18/h3-4,6-7,14H,5,8-13H2,1-2H3. The van der Waals surface area contributed by atoms with E-state index < -0.39 is 0 Å². The number of hydrogen-bond donors (Lipinski definition) is 0. The van der Waals surface area contributed by atoms with Gasteiger partial charge < -0.3 is 14.5 Å². The first-order chi connectivity index (χ1) is 10.6. The summed E-state index contributed by atoms with van der Waals surface area (Å²) in [6, 6.07) is 7.79. The van der Waals surface area contributed by atoms with E-state index in [2.05, 4.69) is 11.9 Å². The highest BCUT2D eigenvalue weighted by Gasteiger charge is 2.23. The largest absolute Gasteiger partial charge is 0.492 e. The fourth-order valence-corrected chi connectivity index (χ4v) is 2.92. The van der Waals surface area contributed by atoms with E-state index in [1.165, 1.54) is 0 Å². The third-order valence-corrected chi connectivity index (χ3v) is 4.57. The predicted molar refractivity (Wildman–Crippen MR) is 89.5 cm³/mol. The van der Waals surface area contributed by atoms with Gasteiger partial charge in [-0.25, -0.2) is 0 Å². The molecule has 0 aromatic heterocycles. The van der Waals surface area contributed by atoms with Crippen molar-refractivity contribution in [2.45, 2.75) is 31.7 Å². The van der Waals surface area contributed by atoms with Gasteiger partial charge in [-0.1, -0.05) is 23.7 Å². The Bertz CT molecular complexity index is 487. The Morgan fingerprint density at radius 3 is 2.73 bits per heavy atom. The van der Waals surface area contributed by atoms with Crippen LogP contribution in [0.4, 0.5) is 0 Å². The van der Waals surface area contributed by atoms with Crippen LogP contribution in [0.25, 0.3) is 0 Å². The van der Waals surface area contributed by atoms with Gasteiger partial charge in [0.1, 0.15) is 5.75 Å². The zero-order valence-electron chi connectivity index (χ0n) is 13.4. The van der Waals surface area contributed by atoms with E-state index in [-0.39, 0.29) is 5.91 Å². The van der Waals surface area contributed by atoms with Crippen molar-refractivity contribution in [1.82, 2.24) is 9.80 Å². The van der Waals surface area contributed by atoms with Crippen LogP contribution in [-0.2, 0) is 4.79 Å². The number of halogens is 1. The van der Waals surface area contributed by atoms with Crippen LogP contribution in [-0.4, -0.2) is 55.5 Å². The number of carbonyl (C=O) groups excluding carboxylic acids is 1. The van der Waals surface area contributed by atoms with E-state index in [9.17, 15) is 4.79 Å². The number of nitrogens with zero attached hydrogens (tertiary/aromatic N) is 2. The average molecular weight is 325 g/mol. The highest BCUT2D eigenvalue weighted by Crippen LogP contribution is 2.23. The first-order valence-electron chi connectivity index (χ1n) is 7.89. The Morgan fingerprint density at radius 2 is 2.05 bits per heavy atom. The third-order valence-electron chi connectivity index (χ3n) is 4.26. The zero-order valence-corrected chi connectivity index (χ0v) is 14.2. The molecule has 5 heteroatoms. The highest BCUT2D eigenvalue weighted by atomic mass is 35.5. The van der Waals surface area contributed by atoms with Crippen molar-refractivity contribution in [3.8, 4) is 5.75 Å². The van der Waals surface area contributed by atoms with Gasteiger partial charge in [-0.2, -0.15) is 0 Å². The maximum atomic E-state index is 12.2. The number of ether oxygens (including phenoxy) is 1. The number of likely N-dealkylation sites (tertiary alicyclic amines) is 1. The summed E-state index contributed by atoms with van der Waals surface area (Å²) in [5.41, 5.74) is 0. The highest BCUT2D eigenvalue weighted by molar-refractivity contribution is 6.32. The molecule has 1 fully saturated rings. The summed E-state index contributed by atoms with van der Waals surface area (Å²) in [7, 11) is 4.05. The van der Waals surface area contributed by atoms with Crippen molar-refractivity contribution in [3.05, 3.63) is 29.3 Å². The molecule has 0 atom stereocenters. The van der Waals surface area contributed by atoms with Crippen LogP contribution in [0.2, 0.25) is 5.02 Å². The molecule has 0 bridgehead atoms. The van der Waals surface area contributed by atoms with E-state index in [0.29, 0.717) is 36.3 Å². The molecule has 1 aliphatic heterocycles. The maximum absolute atomic E-state index is 12.2. The van der Waals surface area contributed by atoms with E-state index >= 15 is 0 Å². The molecule has 122 valence electrons. The van der Waals surface area contributed by atoms with Crippen molar-refractivity contribution in [3.63, 3.8) is 0 Å². The Morgan fingerprint density at radius 1 is 1.36 bits per heavy atom. The smallest absolute Gasteiger partial charge is 0.222 e. The second kappa shape index (κ2) is 8.39. The summed E-state index contributed by atoms with van der Waals surface area (Å²) in [4.78, 5) is 16.5. The molecule has 1 saturated heterocycles. The number of piperidine rings is 1. The molecular weight excluding hydrogens is 300 g/mol. The van der Waals surface area contributed by atoms with Crippen molar-refractivity contribution in [1.29, 1.82) is 0 Å². The lowest BCUT2D eigenvalue weighted by Gasteiger charge is -2.35. The fraction of sp³-hybridized carbons (Fsp3) is 0.588. The van der Waals surface area contributed by atoms with Crippen molar-refractivity contribution < 1.29 is 9.53 Å². The van der Waals surface area contributed by atoms with Crippen LogP contribution in [0.5, 0.6) is 5.75 Å². The minimum atomic E-state index is 0.206. The van der Waals surface area contributed by atoms with Gasteiger partial charge in [0.15, 0.2) is 0 Å². The third kappa shape index (κ3) is 4.89. The van der Waals surface area contributed by atoms with Crippen LogP contribution in [0.15, 0.2) is 24.3 Å². The fourth-order valence-electron chi connectivity index (χ4n) is 2.73. The molecule has 0 radical (unpaired) electrons. The summed E-state index contributed by atoms with van der Waals surface area (Å²) < 4.78 is 5.62. The lowest BCUT2D eigenvalue weighted by Crippen LogP contribution is -2.44. The molecule has 1 amide bonds. The van der Waals surface area contributed by atoms with Gasteiger partial charge >= 0.3 is 0 Å². The average Bonchev–Trinajstić information content (AvgIpc) is 2.53. The predicted octanol–water partition coefficient (Wildman–Crippen LogP) is 3.05. The summed E-state index contributed by atoms with van der Waals surface area (Å²) in [6.07, 6.45) is 3.36. The quantitative estimate of drug-likeness (QED) is 0.754. The number of rotatable bonds is 6. The lowest BCUT2D eigenvalue weighted by molar-refractivity contribution is -0.133. The van der Waals surface area contributed by atoms with E-state index in [1.54, 1.807) is 6.07 Å². The number of carbonyl (C=O) groups is 1. The molecular formula is C17H25ClN2O2. The number of para-hydroxylation sites is 1. The van der Waals surface area contributed by atoms with Crippen LogP contribution in [0, 0.1) is 0 Å². The maximum Gasteiger partial charge on any atom is 0.222 e. The molecule has 1 heterocycles. The SMILES string of the molecule is CN1CCC(N(C)C(=O)CCCOc2ccccc2Cl)CC1. The lowest BCUT2D eigenvalue weighted by atomic mass is 10.0. The molecule has 4 nitrogen and oxygen atoms in total. The van der Waals surface area contributed by atoms with Gasteiger partial charge in [0, 0.05) is 19.5 Å². The first-order valence-corrected chi connectivity index (χ1v) is 8.27. The van der Waals surface area contributed by atoms with E-state index in [4.69, 9.17) is 16.3 Å². The van der Waals surface area contributed by atoms with Gasteiger partial charge in [0.2, 0.25) is 5.91 Å². The second-order valence-electron chi connectivity index (χ2n) is 5.92. The molecule has 0 spiro atoms. The van der Waals surface area contributed by atoms with Gasteiger partial charge in [0.05, 0.1) is 11.6 Å². The van der Waals surface area contributed by atoms with Crippen molar-refractivity contribution in [2.75, 3.05) is 33.8 Å².